The lowest BCUT2D eigenvalue weighted by Crippen LogP contribution is -2.29. The minimum absolute atomic E-state index is 0.148. The number of carbonyl (C=O) groups is 1. The molecule has 3 rings (SSSR count). The predicted octanol–water partition coefficient (Wildman–Crippen LogP) is 0.295. The first-order valence-electron chi connectivity index (χ1n) is 6.21. The summed E-state index contributed by atoms with van der Waals surface area (Å²) in [6.07, 6.45) is 6.09. The van der Waals surface area contributed by atoms with E-state index in [1.165, 1.54) is 6.20 Å². The summed E-state index contributed by atoms with van der Waals surface area (Å²) in [4.78, 5) is 29.8. The number of hydrogen-bond donors (Lipinski definition) is 2. The fourth-order valence-electron chi connectivity index (χ4n) is 2.39. The molecule has 0 bridgehead atoms. The third-order valence-corrected chi connectivity index (χ3v) is 3.38. The van der Waals surface area contributed by atoms with E-state index in [1.54, 1.807) is 4.90 Å². The van der Waals surface area contributed by atoms with Gasteiger partial charge in [-0.2, -0.15) is 5.10 Å². The number of imidazole rings is 1. The monoisotopic (exact) mass is 261 g/mol. The zero-order chi connectivity index (χ0) is 13.4. The van der Waals surface area contributed by atoms with Gasteiger partial charge in [0.25, 0.3) is 5.91 Å². The molecule has 0 aromatic carbocycles. The minimum atomic E-state index is -0.359. The van der Waals surface area contributed by atoms with E-state index in [-0.39, 0.29) is 17.6 Å². The van der Waals surface area contributed by atoms with Gasteiger partial charge in [0.05, 0.1) is 12.2 Å². The lowest BCUT2D eigenvalue weighted by molar-refractivity contribution is 0.0781. The van der Waals surface area contributed by atoms with Crippen LogP contribution in [0.3, 0.4) is 0 Å². The van der Waals surface area contributed by atoms with E-state index >= 15 is 0 Å². The second-order valence-electron chi connectivity index (χ2n) is 4.85. The highest BCUT2D eigenvalue weighted by molar-refractivity contribution is 5.92. The van der Waals surface area contributed by atoms with Crippen LogP contribution in [0.15, 0.2) is 23.4 Å². The maximum absolute atomic E-state index is 12.1. The van der Waals surface area contributed by atoms with Crippen molar-refractivity contribution in [1.82, 2.24) is 24.6 Å². The molecule has 3 heterocycles. The highest BCUT2D eigenvalue weighted by Gasteiger charge is 2.29. The number of hydrogen-bond acceptors (Lipinski definition) is 3. The van der Waals surface area contributed by atoms with Crippen LogP contribution in [0, 0.1) is 6.92 Å². The molecule has 1 saturated heterocycles. The number of aryl methyl sites for hydroxylation is 1. The number of aromatic nitrogens is 4. The summed E-state index contributed by atoms with van der Waals surface area (Å²) < 4.78 is 1.91. The molecule has 1 atom stereocenters. The fourth-order valence-corrected chi connectivity index (χ4v) is 2.39. The Hall–Kier alpha value is -2.31. The third kappa shape index (κ3) is 2.18. The molecule has 7 heteroatoms. The Labute approximate surface area is 109 Å². The molecular weight excluding hydrogens is 246 g/mol. The van der Waals surface area contributed by atoms with E-state index in [9.17, 15) is 9.59 Å². The second-order valence-corrected chi connectivity index (χ2v) is 4.85. The maximum atomic E-state index is 12.1. The quantitative estimate of drug-likeness (QED) is 0.814. The summed E-state index contributed by atoms with van der Waals surface area (Å²) in [5.74, 6) is -0.148. The summed E-state index contributed by atoms with van der Waals surface area (Å²) in [5, 5.41) is 4.28. The van der Waals surface area contributed by atoms with E-state index in [1.807, 2.05) is 24.0 Å². The van der Waals surface area contributed by atoms with Crippen LogP contribution in [-0.2, 0) is 0 Å². The van der Waals surface area contributed by atoms with Crippen LogP contribution in [-0.4, -0.2) is 43.6 Å². The Kier molecular flexibility index (Phi) is 2.73. The van der Waals surface area contributed by atoms with Crippen LogP contribution in [0.4, 0.5) is 0 Å². The zero-order valence-electron chi connectivity index (χ0n) is 10.6. The Morgan fingerprint density at radius 3 is 3.00 bits per heavy atom. The van der Waals surface area contributed by atoms with Crippen LogP contribution in [0.5, 0.6) is 0 Å². The topological polar surface area (TPSA) is 86.8 Å². The molecule has 1 aliphatic rings. The average molecular weight is 261 g/mol. The zero-order valence-corrected chi connectivity index (χ0v) is 10.6. The number of nitrogens with zero attached hydrogens (tertiary/aromatic N) is 3. The lowest BCUT2D eigenvalue weighted by atomic mass is 10.3. The Morgan fingerprint density at radius 2 is 2.37 bits per heavy atom. The predicted molar refractivity (Wildman–Crippen MR) is 67.9 cm³/mol. The van der Waals surface area contributed by atoms with Crippen molar-refractivity contribution in [2.75, 3.05) is 13.1 Å². The largest absolute Gasteiger partial charge is 0.335 e. The molecule has 2 N–H and O–H groups in total. The summed E-state index contributed by atoms with van der Waals surface area (Å²) in [5.41, 5.74) is 1.06. The van der Waals surface area contributed by atoms with Gasteiger partial charge in [0.15, 0.2) is 0 Å². The van der Waals surface area contributed by atoms with Gasteiger partial charge in [-0.1, -0.05) is 0 Å². The van der Waals surface area contributed by atoms with E-state index < -0.39 is 0 Å². The number of carbonyl (C=O) groups excluding carboxylic acids is 1. The molecule has 7 nitrogen and oxygen atoms in total. The smallest absolute Gasteiger partial charge is 0.323 e. The maximum Gasteiger partial charge on any atom is 0.323 e. The van der Waals surface area contributed by atoms with Crippen molar-refractivity contribution in [1.29, 1.82) is 0 Å². The van der Waals surface area contributed by atoms with Crippen LogP contribution in [0.2, 0.25) is 0 Å². The molecule has 2 aromatic heterocycles. The number of aromatic amines is 2. The standard InChI is InChI=1S/C12H15N5O2/c1-8-4-14-17(6-8)9-2-3-16(7-9)11(18)10-5-13-12(19)15-10/h4-6,9H,2-3,7H2,1H3,(H2,13,15,19). The van der Waals surface area contributed by atoms with Crippen molar-refractivity contribution in [3.8, 4) is 0 Å². The van der Waals surface area contributed by atoms with Crippen molar-refractivity contribution < 1.29 is 4.79 Å². The van der Waals surface area contributed by atoms with Crippen LogP contribution < -0.4 is 5.69 Å². The molecular formula is C12H15N5O2. The van der Waals surface area contributed by atoms with Gasteiger partial charge in [0.2, 0.25) is 0 Å². The normalized spacial score (nSPS) is 19.0. The molecule has 0 radical (unpaired) electrons. The van der Waals surface area contributed by atoms with Crippen LogP contribution in [0.1, 0.15) is 28.5 Å². The van der Waals surface area contributed by atoms with Crippen LogP contribution in [0.25, 0.3) is 0 Å². The first-order chi connectivity index (χ1) is 9.13. The molecule has 0 saturated carbocycles. The Balaban J connectivity index is 1.72. The highest BCUT2D eigenvalue weighted by atomic mass is 16.2. The number of H-pyrrole nitrogens is 2. The van der Waals surface area contributed by atoms with E-state index in [4.69, 9.17) is 0 Å². The number of likely N-dealkylation sites (tertiary alicyclic amines) is 1. The molecule has 100 valence electrons. The van der Waals surface area contributed by atoms with Gasteiger partial charge < -0.3 is 14.9 Å². The van der Waals surface area contributed by atoms with Crippen molar-refractivity contribution in [2.24, 2.45) is 0 Å². The van der Waals surface area contributed by atoms with Gasteiger partial charge in [-0.05, 0) is 18.9 Å². The average Bonchev–Trinajstić information content (AvgIpc) is 3.07. The lowest BCUT2D eigenvalue weighted by Gasteiger charge is -2.15. The summed E-state index contributed by atoms with van der Waals surface area (Å²) in [6.45, 7) is 3.29. The van der Waals surface area contributed by atoms with Crippen LogP contribution >= 0.6 is 0 Å². The molecule has 2 aromatic rings. The second kappa shape index (κ2) is 4.42. The van der Waals surface area contributed by atoms with E-state index in [2.05, 4.69) is 15.1 Å². The van der Waals surface area contributed by atoms with Crippen molar-refractivity contribution >= 4 is 5.91 Å². The van der Waals surface area contributed by atoms with Gasteiger partial charge >= 0.3 is 5.69 Å². The van der Waals surface area contributed by atoms with E-state index in [0.29, 0.717) is 18.8 Å². The Bertz CT molecular complexity index is 653. The third-order valence-electron chi connectivity index (χ3n) is 3.38. The summed E-state index contributed by atoms with van der Waals surface area (Å²) in [6, 6.07) is 0.211. The number of rotatable bonds is 2. The molecule has 1 unspecified atom stereocenters. The van der Waals surface area contributed by atoms with Gasteiger partial charge in [0.1, 0.15) is 5.69 Å². The number of nitrogens with one attached hydrogen (secondary N) is 2. The van der Waals surface area contributed by atoms with E-state index in [0.717, 1.165) is 12.0 Å². The first kappa shape index (κ1) is 11.8. The summed E-state index contributed by atoms with van der Waals surface area (Å²) >= 11 is 0. The van der Waals surface area contributed by atoms with Gasteiger partial charge in [-0.15, -0.1) is 0 Å². The van der Waals surface area contributed by atoms with Gasteiger partial charge in [-0.25, -0.2) is 4.79 Å². The van der Waals surface area contributed by atoms with Crippen molar-refractivity contribution in [3.63, 3.8) is 0 Å². The van der Waals surface area contributed by atoms with Gasteiger partial charge in [0, 0.05) is 25.5 Å². The highest BCUT2D eigenvalue weighted by Crippen LogP contribution is 2.22. The molecule has 1 aliphatic heterocycles. The van der Waals surface area contributed by atoms with Crippen molar-refractivity contribution in [3.05, 3.63) is 40.3 Å². The SMILES string of the molecule is Cc1cnn(C2CCN(C(=O)c3c[nH]c(=O)[nH]3)C2)c1. The first-order valence-corrected chi connectivity index (χ1v) is 6.21. The van der Waals surface area contributed by atoms with Crippen molar-refractivity contribution in [2.45, 2.75) is 19.4 Å². The molecule has 19 heavy (non-hydrogen) atoms. The number of amides is 1. The fraction of sp³-hybridized carbons (Fsp3) is 0.417. The molecule has 0 aliphatic carbocycles. The molecule has 1 amide bonds. The Morgan fingerprint density at radius 1 is 1.53 bits per heavy atom. The minimum Gasteiger partial charge on any atom is -0.335 e. The molecule has 0 spiro atoms. The summed E-state index contributed by atoms with van der Waals surface area (Å²) in [7, 11) is 0. The molecule has 1 fully saturated rings. The van der Waals surface area contributed by atoms with Gasteiger partial charge in [-0.3, -0.25) is 9.48 Å².